The van der Waals surface area contributed by atoms with E-state index < -0.39 is 0 Å². The van der Waals surface area contributed by atoms with E-state index in [4.69, 9.17) is 23.2 Å². The Morgan fingerprint density at radius 2 is 2.04 bits per heavy atom. The molecule has 0 aliphatic carbocycles. The number of aryl methyl sites for hydroxylation is 1. The molecule has 6 nitrogen and oxygen atoms in total. The third-order valence-corrected chi connectivity index (χ3v) is 6.56. The number of thiazole rings is 1. The quantitative estimate of drug-likeness (QED) is 0.661. The SMILES string of the molecule is CCc1nc2sc([C@H](c3ccc(Cl)cc3Cl)N3CCC(O)CC3)c(O)n2n1. The fourth-order valence-electron chi connectivity index (χ4n) is 3.49. The molecule has 1 aliphatic heterocycles. The van der Waals surface area contributed by atoms with E-state index in [0.717, 1.165) is 10.4 Å². The topological polar surface area (TPSA) is 73.9 Å². The van der Waals surface area contributed by atoms with E-state index in [9.17, 15) is 10.2 Å². The molecule has 0 saturated carbocycles. The van der Waals surface area contributed by atoms with Gasteiger partial charge >= 0.3 is 0 Å². The molecule has 1 aliphatic rings. The van der Waals surface area contributed by atoms with Gasteiger partial charge in [-0.05, 0) is 30.5 Å². The van der Waals surface area contributed by atoms with E-state index in [1.807, 2.05) is 13.0 Å². The largest absolute Gasteiger partial charge is 0.492 e. The van der Waals surface area contributed by atoms with E-state index in [2.05, 4.69) is 15.0 Å². The van der Waals surface area contributed by atoms with Crippen molar-refractivity contribution in [1.82, 2.24) is 19.5 Å². The number of aromatic hydroxyl groups is 1. The summed E-state index contributed by atoms with van der Waals surface area (Å²) < 4.78 is 1.49. The Balaban J connectivity index is 1.82. The average molecular weight is 427 g/mol. The molecule has 144 valence electrons. The summed E-state index contributed by atoms with van der Waals surface area (Å²) in [7, 11) is 0. The number of aromatic nitrogens is 3. The maximum atomic E-state index is 10.9. The third kappa shape index (κ3) is 3.54. The molecular formula is C18H20Cl2N4O2S. The highest BCUT2D eigenvalue weighted by Gasteiger charge is 2.33. The monoisotopic (exact) mass is 426 g/mol. The fourth-order valence-corrected chi connectivity index (χ4v) is 5.13. The fraction of sp³-hybridized carbons (Fsp3) is 0.444. The Labute approximate surface area is 171 Å². The van der Waals surface area contributed by atoms with Crippen molar-refractivity contribution in [2.75, 3.05) is 13.1 Å². The summed E-state index contributed by atoms with van der Waals surface area (Å²) in [6.07, 6.45) is 1.79. The summed E-state index contributed by atoms with van der Waals surface area (Å²) in [5.74, 6) is 0.787. The predicted molar refractivity (Wildman–Crippen MR) is 107 cm³/mol. The van der Waals surface area contributed by atoms with Crippen molar-refractivity contribution < 1.29 is 10.2 Å². The number of fused-ring (bicyclic) bond motifs is 1. The number of benzene rings is 1. The van der Waals surface area contributed by atoms with Gasteiger partial charge in [-0.1, -0.05) is 47.5 Å². The number of nitrogens with zero attached hydrogens (tertiary/aromatic N) is 4. The van der Waals surface area contributed by atoms with Crippen molar-refractivity contribution in [3.05, 3.63) is 44.5 Å². The molecular weight excluding hydrogens is 407 g/mol. The van der Waals surface area contributed by atoms with Crippen LogP contribution in [0.3, 0.4) is 0 Å². The highest BCUT2D eigenvalue weighted by molar-refractivity contribution is 7.17. The maximum absolute atomic E-state index is 10.9. The molecule has 1 saturated heterocycles. The number of aliphatic hydroxyl groups excluding tert-OH is 1. The Morgan fingerprint density at radius 1 is 1.30 bits per heavy atom. The van der Waals surface area contributed by atoms with Gasteiger partial charge in [-0.2, -0.15) is 4.52 Å². The van der Waals surface area contributed by atoms with Crippen LogP contribution in [0.25, 0.3) is 4.96 Å². The molecule has 0 unspecified atom stereocenters. The van der Waals surface area contributed by atoms with Crippen molar-refractivity contribution in [3.8, 4) is 5.88 Å². The molecule has 9 heteroatoms. The number of likely N-dealkylation sites (tertiary alicyclic amines) is 1. The van der Waals surface area contributed by atoms with Crippen molar-refractivity contribution in [1.29, 1.82) is 0 Å². The van der Waals surface area contributed by atoms with E-state index >= 15 is 0 Å². The summed E-state index contributed by atoms with van der Waals surface area (Å²) in [5, 5.41) is 26.3. The molecule has 0 bridgehead atoms. The third-order valence-electron chi connectivity index (χ3n) is 4.93. The van der Waals surface area contributed by atoms with Crippen LogP contribution < -0.4 is 0 Å². The lowest BCUT2D eigenvalue weighted by molar-refractivity contribution is 0.0690. The number of rotatable bonds is 4. The Hall–Kier alpha value is -1.38. The molecule has 4 rings (SSSR count). The van der Waals surface area contributed by atoms with Crippen LogP contribution in [0.5, 0.6) is 5.88 Å². The normalized spacial score (nSPS) is 17.6. The molecule has 1 fully saturated rings. The van der Waals surface area contributed by atoms with Crippen LogP contribution in [0.15, 0.2) is 18.2 Å². The number of hydrogen-bond donors (Lipinski definition) is 2. The lowest BCUT2D eigenvalue weighted by atomic mass is 9.99. The highest BCUT2D eigenvalue weighted by Crippen LogP contribution is 2.43. The molecule has 2 N–H and O–H groups in total. The van der Waals surface area contributed by atoms with Crippen molar-refractivity contribution in [3.63, 3.8) is 0 Å². The van der Waals surface area contributed by atoms with Gasteiger partial charge in [0, 0.05) is 29.6 Å². The van der Waals surface area contributed by atoms with Gasteiger partial charge in [0.15, 0.2) is 5.82 Å². The van der Waals surface area contributed by atoms with Gasteiger partial charge < -0.3 is 10.2 Å². The molecule has 3 aromatic rings. The van der Waals surface area contributed by atoms with Gasteiger partial charge in [0.25, 0.3) is 0 Å². The van der Waals surface area contributed by atoms with E-state index in [0.29, 0.717) is 53.2 Å². The van der Waals surface area contributed by atoms with Crippen LogP contribution in [-0.2, 0) is 6.42 Å². The minimum absolute atomic E-state index is 0.0874. The maximum Gasteiger partial charge on any atom is 0.230 e. The van der Waals surface area contributed by atoms with Crippen molar-refractivity contribution in [2.45, 2.75) is 38.3 Å². The second kappa shape index (κ2) is 7.56. The van der Waals surface area contributed by atoms with Crippen LogP contribution >= 0.6 is 34.5 Å². The van der Waals surface area contributed by atoms with Gasteiger partial charge in [0.2, 0.25) is 10.8 Å². The highest BCUT2D eigenvalue weighted by atomic mass is 35.5. The van der Waals surface area contributed by atoms with Crippen molar-refractivity contribution >= 4 is 39.5 Å². The molecule has 1 atom stereocenters. The first-order valence-corrected chi connectivity index (χ1v) is 10.5. The summed E-state index contributed by atoms with van der Waals surface area (Å²) in [6, 6.07) is 5.17. The Morgan fingerprint density at radius 3 is 2.67 bits per heavy atom. The van der Waals surface area contributed by atoms with Gasteiger partial charge in [0.05, 0.1) is 17.0 Å². The van der Waals surface area contributed by atoms with Gasteiger partial charge in [-0.15, -0.1) is 5.10 Å². The van der Waals surface area contributed by atoms with E-state index in [1.54, 1.807) is 12.1 Å². The molecule has 27 heavy (non-hydrogen) atoms. The summed E-state index contributed by atoms with van der Waals surface area (Å²) >= 11 is 14.0. The van der Waals surface area contributed by atoms with Crippen LogP contribution in [0.1, 0.15) is 42.1 Å². The zero-order valence-electron chi connectivity index (χ0n) is 14.8. The Kier molecular flexibility index (Phi) is 5.31. The molecule has 0 radical (unpaired) electrons. The van der Waals surface area contributed by atoms with Crippen LogP contribution in [-0.4, -0.2) is 48.9 Å². The number of aliphatic hydroxyl groups is 1. The van der Waals surface area contributed by atoms with Gasteiger partial charge in [-0.25, -0.2) is 4.98 Å². The zero-order chi connectivity index (χ0) is 19.1. The second-order valence-electron chi connectivity index (χ2n) is 6.70. The van der Waals surface area contributed by atoms with Crippen molar-refractivity contribution in [2.24, 2.45) is 0 Å². The molecule has 0 spiro atoms. The first-order chi connectivity index (χ1) is 13.0. The standard InChI is InChI=1S/C18H20Cl2N4O2S/c1-2-14-21-18-24(22-14)17(26)16(27-18)15(23-7-5-11(25)6-8-23)12-4-3-10(19)9-13(12)20/h3-4,9,11,15,25-26H,2,5-8H2,1H3/t15-/m0/s1. The molecule has 2 aromatic heterocycles. The lowest BCUT2D eigenvalue weighted by Crippen LogP contribution is -2.38. The second-order valence-corrected chi connectivity index (χ2v) is 8.55. The minimum atomic E-state index is -0.286. The summed E-state index contributed by atoms with van der Waals surface area (Å²) in [4.78, 5) is 8.11. The lowest BCUT2D eigenvalue weighted by Gasteiger charge is -2.36. The molecule has 0 amide bonds. The summed E-state index contributed by atoms with van der Waals surface area (Å²) in [5.41, 5.74) is 0.868. The smallest absolute Gasteiger partial charge is 0.230 e. The van der Waals surface area contributed by atoms with Crippen LogP contribution in [0, 0.1) is 0 Å². The Bertz CT molecular complexity index is 966. The minimum Gasteiger partial charge on any atom is -0.492 e. The zero-order valence-corrected chi connectivity index (χ0v) is 17.1. The number of hydrogen-bond acceptors (Lipinski definition) is 6. The predicted octanol–water partition coefficient (Wildman–Crippen LogP) is 3.91. The van der Waals surface area contributed by atoms with E-state index in [1.165, 1.54) is 15.9 Å². The first-order valence-electron chi connectivity index (χ1n) is 8.92. The average Bonchev–Trinajstić information content (AvgIpc) is 3.18. The van der Waals surface area contributed by atoms with Crippen LogP contribution in [0.4, 0.5) is 0 Å². The first kappa shape index (κ1) is 19.0. The summed E-state index contributed by atoms with van der Waals surface area (Å²) in [6.45, 7) is 3.39. The number of piperidine rings is 1. The number of halogens is 2. The van der Waals surface area contributed by atoms with Gasteiger partial charge in [0.1, 0.15) is 0 Å². The van der Waals surface area contributed by atoms with E-state index in [-0.39, 0.29) is 18.0 Å². The van der Waals surface area contributed by atoms with Gasteiger partial charge in [-0.3, -0.25) is 4.90 Å². The molecule has 3 heterocycles. The van der Waals surface area contributed by atoms with Crippen LogP contribution in [0.2, 0.25) is 10.0 Å². The molecule has 1 aromatic carbocycles.